The Morgan fingerprint density at radius 1 is 1.13 bits per heavy atom. The Morgan fingerprint density at radius 2 is 1.83 bits per heavy atom. The van der Waals surface area contributed by atoms with Crippen LogP contribution in [0.2, 0.25) is 0 Å². The predicted octanol–water partition coefficient (Wildman–Crippen LogP) is 3.31. The van der Waals surface area contributed by atoms with Gasteiger partial charge in [0.05, 0.1) is 7.11 Å². The molecule has 0 spiro atoms. The van der Waals surface area contributed by atoms with Crippen LogP contribution < -0.4 is 4.74 Å². The summed E-state index contributed by atoms with van der Waals surface area (Å²) in [5, 5.41) is 10.5. The molecule has 2 atom stereocenters. The van der Waals surface area contributed by atoms with E-state index in [1.807, 2.05) is 30.3 Å². The van der Waals surface area contributed by atoms with Crippen LogP contribution in [-0.4, -0.2) is 24.5 Å². The zero-order chi connectivity index (χ0) is 16.2. The quantitative estimate of drug-likeness (QED) is 0.878. The summed E-state index contributed by atoms with van der Waals surface area (Å²) in [4.78, 5) is 11.5. The van der Waals surface area contributed by atoms with Crippen molar-refractivity contribution in [3.63, 3.8) is 0 Å². The lowest BCUT2D eigenvalue weighted by molar-refractivity contribution is 0.0404. The van der Waals surface area contributed by atoms with Gasteiger partial charge in [-0.2, -0.15) is 0 Å². The molecule has 0 amide bonds. The van der Waals surface area contributed by atoms with Gasteiger partial charge in [0.1, 0.15) is 11.9 Å². The third-order valence-corrected chi connectivity index (χ3v) is 3.56. The van der Waals surface area contributed by atoms with Gasteiger partial charge >= 0.3 is 6.16 Å². The Kier molecular flexibility index (Phi) is 4.30. The van der Waals surface area contributed by atoms with E-state index >= 15 is 0 Å². The van der Waals surface area contributed by atoms with E-state index in [-0.39, 0.29) is 5.76 Å². The molecule has 1 aliphatic heterocycles. The topological polar surface area (TPSA) is 65.0 Å². The molecular formula is C18H16O5. The molecule has 118 valence electrons. The standard InChI is InChI=1S/C18H16O5/c1-21-14-9-7-12(8-10-14)11-15-17(23-18(20)22-15)16(19)13-5-3-2-4-6-13/h2-11,16-17,19H,1H3/b15-11-/t16-,17+/m1/s1. The number of hydrogen-bond acceptors (Lipinski definition) is 5. The van der Waals surface area contributed by atoms with Crippen molar-refractivity contribution >= 4 is 12.2 Å². The number of carbonyl (C=O) groups excluding carboxylic acids is 1. The van der Waals surface area contributed by atoms with Crippen LogP contribution in [0, 0.1) is 0 Å². The van der Waals surface area contributed by atoms with Gasteiger partial charge in [0, 0.05) is 0 Å². The number of ether oxygens (including phenoxy) is 3. The number of aliphatic hydroxyl groups is 1. The summed E-state index contributed by atoms with van der Waals surface area (Å²) in [5.41, 5.74) is 1.46. The summed E-state index contributed by atoms with van der Waals surface area (Å²) in [5.74, 6) is 1.00. The van der Waals surface area contributed by atoms with Crippen molar-refractivity contribution in [1.82, 2.24) is 0 Å². The molecule has 5 nitrogen and oxygen atoms in total. The molecule has 1 fully saturated rings. The predicted molar refractivity (Wildman–Crippen MR) is 83.7 cm³/mol. The first kappa shape index (κ1) is 15.1. The monoisotopic (exact) mass is 312 g/mol. The maximum Gasteiger partial charge on any atom is 0.514 e. The fourth-order valence-corrected chi connectivity index (χ4v) is 2.36. The summed E-state index contributed by atoms with van der Waals surface area (Å²) in [6.07, 6.45) is -1.01. The average Bonchev–Trinajstić information content (AvgIpc) is 2.96. The van der Waals surface area contributed by atoms with Crippen molar-refractivity contribution in [1.29, 1.82) is 0 Å². The van der Waals surface area contributed by atoms with Crippen LogP contribution in [0.3, 0.4) is 0 Å². The zero-order valence-electron chi connectivity index (χ0n) is 12.5. The van der Waals surface area contributed by atoms with Gasteiger partial charge in [0.25, 0.3) is 0 Å². The first-order valence-electron chi connectivity index (χ1n) is 7.14. The molecule has 1 N–H and O–H groups in total. The van der Waals surface area contributed by atoms with Crippen LogP contribution in [0.1, 0.15) is 17.2 Å². The van der Waals surface area contributed by atoms with E-state index in [4.69, 9.17) is 14.2 Å². The lowest BCUT2D eigenvalue weighted by atomic mass is 10.0. The smallest absolute Gasteiger partial charge is 0.497 e. The second-order valence-corrected chi connectivity index (χ2v) is 5.07. The molecule has 23 heavy (non-hydrogen) atoms. The Balaban J connectivity index is 1.86. The lowest BCUT2D eigenvalue weighted by Gasteiger charge is -2.16. The van der Waals surface area contributed by atoms with Crippen molar-refractivity contribution in [2.45, 2.75) is 12.2 Å². The summed E-state index contributed by atoms with van der Waals surface area (Å²) < 4.78 is 15.3. The van der Waals surface area contributed by atoms with Gasteiger partial charge in [-0.15, -0.1) is 0 Å². The van der Waals surface area contributed by atoms with Gasteiger partial charge in [-0.05, 0) is 29.3 Å². The molecule has 1 saturated heterocycles. The maximum atomic E-state index is 11.5. The van der Waals surface area contributed by atoms with E-state index in [1.54, 1.807) is 37.5 Å². The minimum atomic E-state index is -0.993. The largest absolute Gasteiger partial charge is 0.514 e. The molecule has 3 rings (SSSR count). The van der Waals surface area contributed by atoms with Gasteiger partial charge in [0.15, 0.2) is 11.9 Å². The lowest BCUT2D eigenvalue weighted by Crippen LogP contribution is -2.19. The molecule has 0 saturated carbocycles. The van der Waals surface area contributed by atoms with Crippen molar-refractivity contribution in [2.24, 2.45) is 0 Å². The number of cyclic esters (lactones) is 2. The molecule has 2 aromatic carbocycles. The van der Waals surface area contributed by atoms with E-state index in [9.17, 15) is 9.90 Å². The average molecular weight is 312 g/mol. The summed E-state index contributed by atoms with van der Waals surface area (Å²) >= 11 is 0. The number of methoxy groups -OCH3 is 1. The second kappa shape index (κ2) is 6.54. The normalized spacial score (nSPS) is 20.0. The number of carbonyl (C=O) groups is 1. The molecule has 2 aromatic rings. The van der Waals surface area contributed by atoms with Crippen LogP contribution in [0.25, 0.3) is 6.08 Å². The fourth-order valence-electron chi connectivity index (χ4n) is 2.36. The number of aliphatic hydroxyl groups excluding tert-OH is 1. The molecule has 1 aliphatic rings. The van der Waals surface area contributed by atoms with Crippen LogP contribution >= 0.6 is 0 Å². The maximum absolute atomic E-state index is 11.5. The highest BCUT2D eigenvalue weighted by Crippen LogP contribution is 2.32. The highest BCUT2D eigenvalue weighted by molar-refractivity contribution is 5.69. The number of benzene rings is 2. The molecule has 0 aromatic heterocycles. The molecule has 0 bridgehead atoms. The van der Waals surface area contributed by atoms with E-state index in [1.165, 1.54) is 0 Å². The number of rotatable bonds is 4. The molecule has 5 heteroatoms. The van der Waals surface area contributed by atoms with E-state index in [0.717, 1.165) is 11.3 Å². The van der Waals surface area contributed by atoms with Gasteiger partial charge in [-0.1, -0.05) is 42.5 Å². The Hall–Kier alpha value is -2.79. The highest BCUT2D eigenvalue weighted by Gasteiger charge is 2.37. The zero-order valence-corrected chi connectivity index (χ0v) is 12.5. The molecule has 1 heterocycles. The van der Waals surface area contributed by atoms with E-state index in [0.29, 0.717) is 5.56 Å². The van der Waals surface area contributed by atoms with Gasteiger partial charge in [-0.25, -0.2) is 4.79 Å². The Labute approximate surface area is 133 Å². The van der Waals surface area contributed by atoms with Gasteiger partial charge in [0.2, 0.25) is 0 Å². The van der Waals surface area contributed by atoms with Crippen LogP contribution in [0.4, 0.5) is 4.79 Å². The third kappa shape index (κ3) is 3.35. The molecule has 0 unspecified atom stereocenters. The van der Waals surface area contributed by atoms with Crippen LogP contribution in [0.5, 0.6) is 5.75 Å². The second-order valence-electron chi connectivity index (χ2n) is 5.07. The minimum absolute atomic E-state index is 0.275. The summed E-state index contributed by atoms with van der Waals surface area (Å²) in [6, 6.07) is 16.2. The SMILES string of the molecule is COc1ccc(/C=C2\OC(=O)O[C@@H]2[C@H](O)c2ccccc2)cc1. The van der Waals surface area contributed by atoms with Gasteiger partial charge < -0.3 is 19.3 Å². The van der Waals surface area contributed by atoms with Crippen molar-refractivity contribution in [2.75, 3.05) is 7.11 Å². The first-order valence-corrected chi connectivity index (χ1v) is 7.14. The third-order valence-electron chi connectivity index (χ3n) is 3.56. The highest BCUT2D eigenvalue weighted by atomic mass is 16.8. The van der Waals surface area contributed by atoms with Gasteiger partial charge in [-0.3, -0.25) is 0 Å². The summed E-state index contributed by atoms with van der Waals surface area (Å²) in [7, 11) is 1.59. The van der Waals surface area contributed by atoms with Crippen molar-refractivity contribution in [3.8, 4) is 5.75 Å². The minimum Gasteiger partial charge on any atom is -0.497 e. The van der Waals surface area contributed by atoms with Crippen molar-refractivity contribution < 1.29 is 24.1 Å². The fraction of sp³-hybridized carbons (Fsp3) is 0.167. The number of hydrogen-bond donors (Lipinski definition) is 1. The van der Waals surface area contributed by atoms with Crippen LogP contribution in [-0.2, 0) is 9.47 Å². The van der Waals surface area contributed by atoms with Crippen molar-refractivity contribution in [3.05, 3.63) is 71.5 Å². The first-order chi connectivity index (χ1) is 11.2. The van der Waals surface area contributed by atoms with E-state index in [2.05, 4.69) is 0 Å². The van der Waals surface area contributed by atoms with Crippen LogP contribution in [0.15, 0.2) is 60.4 Å². The Bertz CT molecular complexity index is 706. The Morgan fingerprint density at radius 3 is 2.48 bits per heavy atom. The molecule has 0 aliphatic carbocycles. The molecule has 0 radical (unpaired) electrons. The molecular weight excluding hydrogens is 296 g/mol. The summed E-state index contributed by atoms with van der Waals surface area (Å²) in [6.45, 7) is 0. The van der Waals surface area contributed by atoms with E-state index < -0.39 is 18.4 Å².